The molecule has 0 aliphatic heterocycles. The number of nitrogens with one attached hydrogen (secondary N) is 1. The zero-order valence-electron chi connectivity index (χ0n) is 9.51. The molecule has 2 rings (SSSR count). The van der Waals surface area contributed by atoms with Gasteiger partial charge in [-0.3, -0.25) is 14.9 Å². The van der Waals surface area contributed by atoms with E-state index in [0.29, 0.717) is 5.92 Å². The molecule has 2 atom stereocenters. The van der Waals surface area contributed by atoms with Crippen LogP contribution >= 0.6 is 0 Å². The molecule has 1 amide bonds. The Morgan fingerprint density at radius 3 is 2.82 bits per heavy atom. The van der Waals surface area contributed by atoms with Gasteiger partial charge in [0.15, 0.2) is 5.76 Å². The number of nitro groups is 1. The molecule has 1 aliphatic carbocycles. The summed E-state index contributed by atoms with van der Waals surface area (Å²) >= 11 is 0. The molecule has 17 heavy (non-hydrogen) atoms. The van der Waals surface area contributed by atoms with Gasteiger partial charge < -0.3 is 9.73 Å². The van der Waals surface area contributed by atoms with Crippen molar-refractivity contribution >= 4 is 11.8 Å². The Labute approximate surface area is 98.1 Å². The lowest BCUT2D eigenvalue weighted by molar-refractivity contribution is -0.402. The monoisotopic (exact) mass is 238 g/mol. The topological polar surface area (TPSA) is 85.4 Å². The molecule has 0 saturated heterocycles. The summed E-state index contributed by atoms with van der Waals surface area (Å²) in [6.07, 6.45) is 3.01. The largest absolute Gasteiger partial charge is 0.433 e. The van der Waals surface area contributed by atoms with Gasteiger partial charge in [0.2, 0.25) is 0 Å². The molecule has 1 aromatic heterocycles. The van der Waals surface area contributed by atoms with Crippen molar-refractivity contribution in [2.24, 2.45) is 5.92 Å². The van der Waals surface area contributed by atoms with Crippen LogP contribution < -0.4 is 5.32 Å². The fraction of sp³-hybridized carbons (Fsp3) is 0.545. The molecule has 0 bridgehead atoms. The van der Waals surface area contributed by atoms with Gasteiger partial charge in [0.25, 0.3) is 5.91 Å². The van der Waals surface area contributed by atoms with E-state index in [0.717, 1.165) is 19.3 Å². The number of furan rings is 1. The van der Waals surface area contributed by atoms with Gasteiger partial charge in [-0.2, -0.15) is 0 Å². The molecule has 0 radical (unpaired) electrons. The van der Waals surface area contributed by atoms with E-state index < -0.39 is 10.8 Å². The Balaban J connectivity index is 1.97. The van der Waals surface area contributed by atoms with Crippen LogP contribution in [0.2, 0.25) is 0 Å². The van der Waals surface area contributed by atoms with Gasteiger partial charge >= 0.3 is 5.88 Å². The highest BCUT2D eigenvalue weighted by Gasteiger charge is 2.25. The van der Waals surface area contributed by atoms with Crippen molar-refractivity contribution in [3.05, 3.63) is 28.0 Å². The van der Waals surface area contributed by atoms with Crippen LogP contribution in [0.4, 0.5) is 5.88 Å². The number of rotatable bonds is 3. The Kier molecular flexibility index (Phi) is 3.12. The molecule has 0 spiro atoms. The number of carbonyl (C=O) groups excluding carboxylic acids is 1. The number of amides is 1. The number of carbonyl (C=O) groups is 1. The van der Waals surface area contributed by atoms with Crippen LogP contribution in [0.25, 0.3) is 0 Å². The minimum Gasteiger partial charge on any atom is -0.395 e. The minimum atomic E-state index is -0.658. The van der Waals surface area contributed by atoms with Gasteiger partial charge in [-0.25, -0.2) is 0 Å². The van der Waals surface area contributed by atoms with E-state index in [1.165, 1.54) is 12.1 Å². The van der Waals surface area contributed by atoms with Crippen molar-refractivity contribution < 1.29 is 14.1 Å². The quantitative estimate of drug-likeness (QED) is 0.645. The van der Waals surface area contributed by atoms with Crippen LogP contribution in [-0.4, -0.2) is 16.9 Å². The molecule has 2 unspecified atom stereocenters. The maximum absolute atomic E-state index is 11.7. The Hall–Kier alpha value is -1.85. The summed E-state index contributed by atoms with van der Waals surface area (Å²) < 4.78 is 4.83. The summed E-state index contributed by atoms with van der Waals surface area (Å²) in [7, 11) is 0. The van der Waals surface area contributed by atoms with Crippen LogP contribution in [0.15, 0.2) is 16.5 Å². The van der Waals surface area contributed by atoms with Crippen LogP contribution in [0.1, 0.15) is 36.7 Å². The predicted molar refractivity (Wildman–Crippen MR) is 59.6 cm³/mol. The first kappa shape index (κ1) is 11.6. The smallest absolute Gasteiger partial charge is 0.395 e. The maximum atomic E-state index is 11.7. The molecule has 1 heterocycles. The van der Waals surface area contributed by atoms with E-state index in [2.05, 4.69) is 12.2 Å². The number of nitrogens with zero attached hydrogens (tertiary/aromatic N) is 1. The number of hydrogen-bond acceptors (Lipinski definition) is 4. The van der Waals surface area contributed by atoms with Crippen molar-refractivity contribution in [3.8, 4) is 0 Å². The maximum Gasteiger partial charge on any atom is 0.433 e. The van der Waals surface area contributed by atoms with Gasteiger partial charge in [-0.15, -0.1) is 0 Å². The van der Waals surface area contributed by atoms with E-state index in [1.807, 2.05) is 0 Å². The van der Waals surface area contributed by atoms with E-state index in [4.69, 9.17) is 4.42 Å². The normalized spacial score (nSPS) is 23.6. The van der Waals surface area contributed by atoms with E-state index in [1.54, 1.807) is 0 Å². The van der Waals surface area contributed by atoms with Gasteiger partial charge in [0.1, 0.15) is 4.92 Å². The molecule has 1 fully saturated rings. The van der Waals surface area contributed by atoms with Gasteiger partial charge in [0.05, 0.1) is 6.07 Å². The molecule has 1 saturated carbocycles. The second kappa shape index (κ2) is 4.57. The van der Waals surface area contributed by atoms with Gasteiger partial charge in [-0.05, 0) is 31.2 Å². The fourth-order valence-electron chi connectivity index (χ4n) is 2.14. The molecule has 1 aromatic rings. The second-order valence-corrected chi connectivity index (χ2v) is 4.48. The minimum absolute atomic E-state index is 0.00347. The molecule has 92 valence electrons. The van der Waals surface area contributed by atoms with Gasteiger partial charge in [-0.1, -0.05) is 6.92 Å². The molecular weight excluding hydrogens is 224 g/mol. The molecule has 1 aliphatic rings. The van der Waals surface area contributed by atoms with E-state index in [9.17, 15) is 14.9 Å². The lowest BCUT2D eigenvalue weighted by Gasteiger charge is -2.10. The highest BCUT2D eigenvalue weighted by molar-refractivity contribution is 5.91. The van der Waals surface area contributed by atoms with E-state index in [-0.39, 0.29) is 17.7 Å². The lowest BCUT2D eigenvalue weighted by Crippen LogP contribution is -2.32. The summed E-state index contributed by atoms with van der Waals surface area (Å²) in [6, 6.07) is 2.67. The number of hydrogen-bond donors (Lipinski definition) is 1. The van der Waals surface area contributed by atoms with Crippen molar-refractivity contribution in [2.45, 2.75) is 32.2 Å². The first-order chi connectivity index (χ1) is 8.06. The van der Waals surface area contributed by atoms with Crippen molar-refractivity contribution in [3.63, 3.8) is 0 Å². The van der Waals surface area contributed by atoms with Crippen molar-refractivity contribution in [2.75, 3.05) is 0 Å². The Bertz CT molecular complexity index is 440. The Morgan fingerprint density at radius 2 is 2.29 bits per heavy atom. The molecular formula is C11H14N2O4. The highest BCUT2D eigenvalue weighted by atomic mass is 16.6. The SMILES string of the molecule is CC1CCC(NC(=O)c2ccc([N+](=O)[O-])o2)C1. The third-order valence-electron chi connectivity index (χ3n) is 3.03. The first-order valence-electron chi connectivity index (χ1n) is 5.61. The third-order valence-corrected chi connectivity index (χ3v) is 3.03. The second-order valence-electron chi connectivity index (χ2n) is 4.48. The Morgan fingerprint density at radius 1 is 1.53 bits per heavy atom. The molecule has 0 aromatic carbocycles. The highest BCUT2D eigenvalue weighted by Crippen LogP contribution is 2.25. The zero-order chi connectivity index (χ0) is 12.4. The van der Waals surface area contributed by atoms with Gasteiger partial charge in [0, 0.05) is 6.04 Å². The van der Waals surface area contributed by atoms with Crippen molar-refractivity contribution in [1.29, 1.82) is 0 Å². The third kappa shape index (κ3) is 2.64. The van der Waals surface area contributed by atoms with Crippen LogP contribution in [0.5, 0.6) is 0 Å². The van der Waals surface area contributed by atoms with Crippen LogP contribution in [0.3, 0.4) is 0 Å². The van der Waals surface area contributed by atoms with E-state index >= 15 is 0 Å². The average molecular weight is 238 g/mol. The zero-order valence-corrected chi connectivity index (χ0v) is 9.51. The summed E-state index contributed by atoms with van der Waals surface area (Å²) in [5.74, 6) is -0.172. The summed E-state index contributed by atoms with van der Waals surface area (Å²) in [4.78, 5) is 21.5. The average Bonchev–Trinajstić information content (AvgIpc) is 2.86. The lowest BCUT2D eigenvalue weighted by atomic mass is 10.1. The first-order valence-corrected chi connectivity index (χ1v) is 5.61. The summed E-state index contributed by atoms with van der Waals surface area (Å²) in [5, 5.41) is 13.2. The fourth-order valence-corrected chi connectivity index (χ4v) is 2.14. The summed E-state index contributed by atoms with van der Waals surface area (Å²) in [5.41, 5.74) is 0. The standard InChI is InChI=1S/C11H14N2O4/c1-7-2-3-8(6-7)12-11(14)9-4-5-10(17-9)13(15)16/h4-5,7-8H,2-3,6H2,1H3,(H,12,14). The molecule has 6 heteroatoms. The molecule has 1 N–H and O–H groups in total. The predicted octanol–water partition coefficient (Wildman–Crippen LogP) is 2.11. The van der Waals surface area contributed by atoms with Crippen LogP contribution in [-0.2, 0) is 0 Å². The molecule has 6 nitrogen and oxygen atoms in total. The van der Waals surface area contributed by atoms with Crippen molar-refractivity contribution in [1.82, 2.24) is 5.32 Å². The van der Waals surface area contributed by atoms with Crippen LogP contribution in [0, 0.1) is 16.0 Å². The summed E-state index contributed by atoms with van der Waals surface area (Å²) in [6.45, 7) is 2.14.